The number of halogens is 2. The fourth-order valence-corrected chi connectivity index (χ4v) is 3.37. The average molecular weight is 541 g/mol. The second-order valence-electron chi connectivity index (χ2n) is 6.95. The summed E-state index contributed by atoms with van der Waals surface area (Å²) in [6.07, 6.45) is 0. The maximum Gasteiger partial charge on any atom is 0.239 e. The third-order valence-corrected chi connectivity index (χ3v) is 5.04. The number of anilines is 1. The Hall–Kier alpha value is -2.56. The van der Waals surface area contributed by atoms with E-state index in [0.717, 1.165) is 11.3 Å². The molecule has 1 heterocycles. The van der Waals surface area contributed by atoms with Crippen molar-refractivity contribution in [1.29, 1.82) is 0 Å². The van der Waals surface area contributed by atoms with Crippen LogP contribution < -0.4 is 20.3 Å². The lowest BCUT2D eigenvalue weighted by Crippen LogP contribution is -2.53. The zero-order valence-corrected chi connectivity index (χ0v) is 20.1. The zero-order valence-electron chi connectivity index (χ0n) is 17.8. The van der Waals surface area contributed by atoms with E-state index in [1.165, 1.54) is 6.07 Å². The molecular weight excluding hydrogens is 512 g/mol. The second kappa shape index (κ2) is 12.3. The Labute approximate surface area is 199 Å². The van der Waals surface area contributed by atoms with Gasteiger partial charge in [-0.05, 0) is 29.8 Å². The first-order valence-corrected chi connectivity index (χ1v) is 9.95. The Morgan fingerprint density at radius 3 is 2.35 bits per heavy atom. The molecular formula is C22H29FIN5O2. The van der Waals surface area contributed by atoms with Crippen LogP contribution in [0.5, 0.6) is 5.75 Å². The number of nitrogens with zero attached hydrogens (tertiary/aromatic N) is 3. The number of hydrogen-bond acceptors (Lipinski definition) is 4. The first kappa shape index (κ1) is 24.7. The van der Waals surface area contributed by atoms with Crippen molar-refractivity contribution in [2.45, 2.75) is 6.54 Å². The molecule has 1 aliphatic rings. The Balaban J connectivity index is 0.00000341. The van der Waals surface area contributed by atoms with Crippen molar-refractivity contribution in [2.24, 2.45) is 4.99 Å². The first-order valence-electron chi connectivity index (χ1n) is 9.95. The van der Waals surface area contributed by atoms with Crippen molar-refractivity contribution < 1.29 is 13.9 Å². The van der Waals surface area contributed by atoms with E-state index in [1.807, 2.05) is 35.2 Å². The maximum atomic E-state index is 14.0. The molecule has 9 heteroatoms. The van der Waals surface area contributed by atoms with Gasteiger partial charge >= 0.3 is 0 Å². The number of piperazine rings is 1. The van der Waals surface area contributed by atoms with Crippen LogP contribution in [-0.4, -0.2) is 63.6 Å². The van der Waals surface area contributed by atoms with E-state index in [-0.39, 0.29) is 42.2 Å². The molecule has 3 rings (SSSR count). The van der Waals surface area contributed by atoms with Gasteiger partial charge in [0.25, 0.3) is 0 Å². The number of carbonyl (C=O) groups is 1. The molecule has 2 aromatic carbocycles. The van der Waals surface area contributed by atoms with E-state index in [0.29, 0.717) is 44.4 Å². The van der Waals surface area contributed by atoms with Crippen LogP contribution in [0.2, 0.25) is 0 Å². The fourth-order valence-electron chi connectivity index (χ4n) is 3.37. The lowest BCUT2D eigenvalue weighted by molar-refractivity contribution is -0.120. The van der Waals surface area contributed by atoms with E-state index < -0.39 is 0 Å². The van der Waals surface area contributed by atoms with Crippen molar-refractivity contribution in [3.8, 4) is 5.75 Å². The van der Waals surface area contributed by atoms with Crippen molar-refractivity contribution >= 4 is 41.5 Å². The largest absolute Gasteiger partial charge is 0.497 e. The molecule has 0 atom stereocenters. The van der Waals surface area contributed by atoms with Crippen molar-refractivity contribution in [3.63, 3.8) is 0 Å². The Morgan fingerprint density at radius 2 is 1.74 bits per heavy atom. The first-order chi connectivity index (χ1) is 14.6. The lowest BCUT2D eigenvalue weighted by atomic mass is 10.2. The third-order valence-electron chi connectivity index (χ3n) is 5.04. The van der Waals surface area contributed by atoms with Crippen LogP contribution in [0.3, 0.4) is 0 Å². The summed E-state index contributed by atoms with van der Waals surface area (Å²) in [6, 6.07) is 14.4. The molecule has 0 aromatic heterocycles. The van der Waals surface area contributed by atoms with Gasteiger partial charge < -0.3 is 25.2 Å². The molecule has 0 saturated carbocycles. The Kier molecular flexibility index (Phi) is 9.83. The van der Waals surface area contributed by atoms with Gasteiger partial charge in [0.15, 0.2) is 5.96 Å². The Bertz CT molecular complexity index is 870. The number of methoxy groups -OCH3 is 1. The summed E-state index contributed by atoms with van der Waals surface area (Å²) in [5.41, 5.74) is 1.62. The molecule has 1 saturated heterocycles. The molecule has 1 fully saturated rings. The molecule has 2 N–H and O–H groups in total. The predicted octanol–water partition coefficient (Wildman–Crippen LogP) is 2.47. The normalized spacial score (nSPS) is 14.0. The Morgan fingerprint density at radius 1 is 1.06 bits per heavy atom. The van der Waals surface area contributed by atoms with Crippen LogP contribution in [0.25, 0.3) is 0 Å². The van der Waals surface area contributed by atoms with Crippen molar-refractivity contribution in [1.82, 2.24) is 15.5 Å². The molecule has 0 unspecified atom stereocenters. The van der Waals surface area contributed by atoms with Gasteiger partial charge in [-0.25, -0.2) is 4.39 Å². The summed E-state index contributed by atoms with van der Waals surface area (Å²) in [5.74, 6) is 1.13. The number of para-hydroxylation sites is 1. The maximum absolute atomic E-state index is 14.0. The second-order valence-corrected chi connectivity index (χ2v) is 6.95. The molecule has 168 valence electrons. The van der Waals surface area contributed by atoms with E-state index >= 15 is 0 Å². The van der Waals surface area contributed by atoms with E-state index in [9.17, 15) is 9.18 Å². The number of nitrogens with one attached hydrogen (secondary N) is 2. The molecule has 0 aliphatic carbocycles. The molecule has 31 heavy (non-hydrogen) atoms. The lowest BCUT2D eigenvalue weighted by Gasteiger charge is -2.37. The van der Waals surface area contributed by atoms with Gasteiger partial charge in [0.2, 0.25) is 5.91 Å². The monoisotopic (exact) mass is 541 g/mol. The molecule has 0 radical (unpaired) electrons. The molecule has 0 bridgehead atoms. The van der Waals surface area contributed by atoms with Crippen LogP contribution in [0.4, 0.5) is 10.1 Å². The highest BCUT2D eigenvalue weighted by Gasteiger charge is 2.21. The third kappa shape index (κ3) is 6.98. The number of ether oxygens (including phenoxy) is 1. The topological polar surface area (TPSA) is 69.2 Å². The van der Waals surface area contributed by atoms with Crippen LogP contribution in [0.1, 0.15) is 5.56 Å². The highest BCUT2D eigenvalue weighted by Crippen LogP contribution is 2.20. The molecule has 0 spiro atoms. The SMILES string of the molecule is CN=C(NCC(=O)NCc1ccc(OC)cc1)N1CCN(c2ccccc2F)CC1.I. The summed E-state index contributed by atoms with van der Waals surface area (Å²) < 4.78 is 19.1. The quantitative estimate of drug-likeness (QED) is 0.334. The predicted molar refractivity (Wildman–Crippen MR) is 132 cm³/mol. The van der Waals surface area contributed by atoms with Gasteiger partial charge in [-0.1, -0.05) is 24.3 Å². The minimum Gasteiger partial charge on any atom is -0.497 e. The van der Waals surface area contributed by atoms with Crippen molar-refractivity contribution in [3.05, 3.63) is 59.9 Å². The summed E-state index contributed by atoms with van der Waals surface area (Å²) in [7, 11) is 3.32. The summed E-state index contributed by atoms with van der Waals surface area (Å²) >= 11 is 0. The van der Waals surface area contributed by atoms with Crippen LogP contribution in [-0.2, 0) is 11.3 Å². The summed E-state index contributed by atoms with van der Waals surface area (Å²) in [4.78, 5) is 20.6. The van der Waals surface area contributed by atoms with E-state index in [4.69, 9.17) is 4.74 Å². The fraction of sp³-hybridized carbons (Fsp3) is 0.364. The minimum atomic E-state index is -0.206. The van der Waals surface area contributed by atoms with E-state index in [1.54, 1.807) is 26.3 Å². The summed E-state index contributed by atoms with van der Waals surface area (Å²) in [6.45, 7) is 3.35. The van der Waals surface area contributed by atoms with E-state index in [2.05, 4.69) is 20.5 Å². The van der Waals surface area contributed by atoms with Gasteiger partial charge in [-0.15, -0.1) is 24.0 Å². The highest BCUT2D eigenvalue weighted by molar-refractivity contribution is 14.0. The average Bonchev–Trinajstić information content (AvgIpc) is 2.79. The van der Waals surface area contributed by atoms with Crippen LogP contribution in [0.15, 0.2) is 53.5 Å². The standard InChI is InChI=1S/C22H28FN5O2.HI/c1-24-22(26-16-21(29)25-15-17-7-9-18(30-2)10-8-17)28-13-11-27(12-14-28)20-6-4-3-5-19(20)23;/h3-10H,11-16H2,1-2H3,(H,24,26)(H,25,29);1H. The number of rotatable bonds is 6. The number of guanidine groups is 1. The number of aliphatic imine (C=N–C) groups is 1. The number of amides is 1. The van der Waals surface area contributed by atoms with Gasteiger partial charge in [0.1, 0.15) is 11.6 Å². The zero-order chi connectivity index (χ0) is 21.3. The molecule has 1 amide bonds. The highest BCUT2D eigenvalue weighted by atomic mass is 127. The molecule has 2 aromatic rings. The number of hydrogen-bond donors (Lipinski definition) is 2. The smallest absolute Gasteiger partial charge is 0.239 e. The van der Waals surface area contributed by atoms with Gasteiger partial charge in [0, 0.05) is 39.8 Å². The van der Waals surface area contributed by atoms with Crippen molar-refractivity contribution in [2.75, 3.05) is 51.8 Å². The summed E-state index contributed by atoms with van der Waals surface area (Å²) in [5, 5.41) is 6.00. The van der Waals surface area contributed by atoms with Gasteiger partial charge in [0.05, 0.1) is 19.3 Å². The minimum absolute atomic E-state index is 0. The van der Waals surface area contributed by atoms with Crippen LogP contribution in [0, 0.1) is 5.82 Å². The van der Waals surface area contributed by atoms with Gasteiger partial charge in [-0.2, -0.15) is 0 Å². The molecule has 1 aliphatic heterocycles. The van der Waals surface area contributed by atoms with Gasteiger partial charge in [-0.3, -0.25) is 9.79 Å². The van der Waals surface area contributed by atoms with Crippen LogP contribution >= 0.6 is 24.0 Å². The number of benzene rings is 2. The molecule has 7 nitrogen and oxygen atoms in total. The number of carbonyl (C=O) groups excluding carboxylic acids is 1.